The molecule has 0 radical (unpaired) electrons. The van der Waals surface area contributed by atoms with Gasteiger partial charge in [-0.2, -0.15) is 0 Å². The molecule has 0 atom stereocenters. The van der Waals surface area contributed by atoms with Crippen molar-refractivity contribution in [2.45, 2.75) is 25.7 Å². The minimum Gasteiger partial charge on any atom is -0.494 e. The van der Waals surface area contributed by atoms with Crippen molar-refractivity contribution >= 4 is 11.6 Å². The molecule has 21 heavy (non-hydrogen) atoms. The summed E-state index contributed by atoms with van der Waals surface area (Å²) in [6, 6.07) is 7.27. The van der Waals surface area contributed by atoms with Gasteiger partial charge in [-0.25, -0.2) is 9.97 Å². The van der Waals surface area contributed by atoms with E-state index in [2.05, 4.69) is 15.3 Å². The molecule has 5 nitrogen and oxygen atoms in total. The van der Waals surface area contributed by atoms with Gasteiger partial charge in [0.15, 0.2) is 0 Å². The van der Waals surface area contributed by atoms with Gasteiger partial charge in [-0.1, -0.05) is 0 Å². The lowest BCUT2D eigenvalue weighted by atomic mass is 10.2. The van der Waals surface area contributed by atoms with Gasteiger partial charge in [0, 0.05) is 24.0 Å². The second-order valence-electron chi connectivity index (χ2n) is 5.02. The smallest absolute Gasteiger partial charge is 0.258 e. The molecule has 1 aliphatic carbocycles. The first-order valence-corrected chi connectivity index (χ1v) is 7.12. The number of nitrogens with one attached hydrogen (secondary N) is 1. The van der Waals surface area contributed by atoms with Crippen LogP contribution in [0.1, 0.15) is 41.9 Å². The lowest BCUT2D eigenvalue weighted by Gasteiger charge is -2.07. The molecule has 1 heterocycles. The standard InChI is InChI=1S/C16H17N3O2/c1-2-21-14-7-5-13(6-8-14)19-16(20)12-9-17-15(18-10-12)11-3-4-11/h5-11H,2-4H2,1H3,(H,19,20). The zero-order chi connectivity index (χ0) is 14.7. The van der Waals surface area contributed by atoms with Crippen LogP contribution in [0.4, 0.5) is 5.69 Å². The van der Waals surface area contributed by atoms with Crippen molar-refractivity contribution in [1.29, 1.82) is 0 Å². The first-order valence-electron chi connectivity index (χ1n) is 7.12. The highest BCUT2D eigenvalue weighted by Crippen LogP contribution is 2.37. The van der Waals surface area contributed by atoms with E-state index < -0.39 is 0 Å². The van der Waals surface area contributed by atoms with Gasteiger partial charge in [0.1, 0.15) is 11.6 Å². The lowest BCUT2D eigenvalue weighted by molar-refractivity contribution is 0.102. The van der Waals surface area contributed by atoms with E-state index in [1.165, 1.54) is 0 Å². The molecule has 5 heteroatoms. The molecule has 1 aliphatic rings. The van der Waals surface area contributed by atoms with Crippen LogP contribution in [0, 0.1) is 0 Å². The van der Waals surface area contributed by atoms with Crippen molar-refractivity contribution in [1.82, 2.24) is 9.97 Å². The van der Waals surface area contributed by atoms with Crippen molar-refractivity contribution in [2.24, 2.45) is 0 Å². The molecule has 1 amide bonds. The van der Waals surface area contributed by atoms with Crippen molar-refractivity contribution in [2.75, 3.05) is 11.9 Å². The quantitative estimate of drug-likeness (QED) is 0.916. The number of nitrogens with zero attached hydrogens (tertiary/aromatic N) is 2. The number of carbonyl (C=O) groups excluding carboxylic acids is 1. The summed E-state index contributed by atoms with van der Waals surface area (Å²) in [6.45, 7) is 2.55. The number of rotatable bonds is 5. The fourth-order valence-corrected chi connectivity index (χ4v) is 2.01. The summed E-state index contributed by atoms with van der Waals surface area (Å²) in [4.78, 5) is 20.6. The average Bonchev–Trinajstić information content (AvgIpc) is 3.34. The third-order valence-electron chi connectivity index (χ3n) is 3.30. The molecule has 0 bridgehead atoms. The number of ether oxygens (including phenoxy) is 1. The van der Waals surface area contributed by atoms with Gasteiger partial charge < -0.3 is 10.1 Å². The number of aromatic nitrogens is 2. The van der Waals surface area contributed by atoms with Gasteiger partial charge in [0.2, 0.25) is 0 Å². The number of benzene rings is 1. The zero-order valence-corrected chi connectivity index (χ0v) is 11.9. The van der Waals surface area contributed by atoms with Crippen LogP contribution in [0.25, 0.3) is 0 Å². The van der Waals surface area contributed by atoms with Crippen LogP contribution in [0.2, 0.25) is 0 Å². The number of hydrogen-bond donors (Lipinski definition) is 1. The minimum atomic E-state index is -0.207. The second kappa shape index (κ2) is 5.91. The Morgan fingerprint density at radius 2 is 1.90 bits per heavy atom. The molecular formula is C16H17N3O2. The van der Waals surface area contributed by atoms with Crippen LogP contribution in [0.5, 0.6) is 5.75 Å². The largest absolute Gasteiger partial charge is 0.494 e. The van der Waals surface area contributed by atoms with Gasteiger partial charge in [0.25, 0.3) is 5.91 Å². The molecule has 1 saturated carbocycles. The summed E-state index contributed by atoms with van der Waals surface area (Å²) < 4.78 is 5.36. The Kier molecular flexibility index (Phi) is 3.81. The Hall–Kier alpha value is -2.43. The van der Waals surface area contributed by atoms with E-state index in [-0.39, 0.29) is 5.91 Å². The van der Waals surface area contributed by atoms with Gasteiger partial charge >= 0.3 is 0 Å². The summed E-state index contributed by atoms with van der Waals surface area (Å²) in [7, 11) is 0. The maximum absolute atomic E-state index is 12.1. The van der Waals surface area contributed by atoms with Crippen molar-refractivity contribution < 1.29 is 9.53 Å². The molecule has 1 aromatic carbocycles. The molecule has 1 fully saturated rings. The van der Waals surface area contributed by atoms with Gasteiger partial charge in [-0.15, -0.1) is 0 Å². The van der Waals surface area contributed by atoms with Crippen LogP contribution in [0.15, 0.2) is 36.7 Å². The van der Waals surface area contributed by atoms with Crippen molar-refractivity contribution in [3.05, 3.63) is 48.0 Å². The van der Waals surface area contributed by atoms with Crippen molar-refractivity contribution in [3.8, 4) is 5.75 Å². The summed E-state index contributed by atoms with van der Waals surface area (Å²) in [5, 5.41) is 2.82. The Morgan fingerprint density at radius 1 is 1.24 bits per heavy atom. The molecule has 1 N–H and O–H groups in total. The van der Waals surface area contributed by atoms with Crippen molar-refractivity contribution in [3.63, 3.8) is 0 Å². The Morgan fingerprint density at radius 3 is 2.48 bits per heavy atom. The number of anilines is 1. The topological polar surface area (TPSA) is 64.1 Å². The Bertz CT molecular complexity index is 619. The van der Waals surface area contributed by atoms with E-state index in [1.54, 1.807) is 12.4 Å². The maximum atomic E-state index is 12.1. The first-order chi connectivity index (χ1) is 10.3. The summed E-state index contributed by atoms with van der Waals surface area (Å²) in [5.74, 6) is 1.91. The molecule has 108 valence electrons. The summed E-state index contributed by atoms with van der Waals surface area (Å²) >= 11 is 0. The van der Waals surface area contributed by atoms with Gasteiger partial charge in [-0.3, -0.25) is 4.79 Å². The predicted octanol–water partition coefficient (Wildman–Crippen LogP) is 3.01. The second-order valence-corrected chi connectivity index (χ2v) is 5.02. The summed E-state index contributed by atoms with van der Waals surface area (Å²) in [5.41, 5.74) is 1.18. The van der Waals surface area contributed by atoms with E-state index in [0.29, 0.717) is 18.1 Å². The molecular weight excluding hydrogens is 266 g/mol. The van der Waals surface area contributed by atoms with Gasteiger partial charge in [0.05, 0.1) is 12.2 Å². The highest BCUT2D eigenvalue weighted by molar-refractivity contribution is 6.03. The van der Waals surface area contributed by atoms with E-state index in [1.807, 2.05) is 31.2 Å². The van der Waals surface area contributed by atoms with E-state index in [4.69, 9.17) is 4.74 Å². The molecule has 0 aliphatic heterocycles. The number of hydrogen-bond acceptors (Lipinski definition) is 4. The maximum Gasteiger partial charge on any atom is 0.258 e. The van der Waals surface area contributed by atoms with Crippen LogP contribution < -0.4 is 10.1 Å². The molecule has 0 spiro atoms. The zero-order valence-electron chi connectivity index (χ0n) is 11.9. The predicted molar refractivity (Wildman–Crippen MR) is 79.6 cm³/mol. The third kappa shape index (κ3) is 3.37. The highest BCUT2D eigenvalue weighted by Gasteiger charge is 2.26. The van der Waals surface area contributed by atoms with Crippen LogP contribution in [-0.4, -0.2) is 22.5 Å². The fraction of sp³-hybridized carbons (Fsp3) is 0.312. The number of amides is 1. The lowest BCUT2D eigenvalue weighted by Crippen LogP contribution is -2.13. The van der Waals surface area contributed by atoms with E-state index in [9.17, 15) is 4.79 Å². The molecule has 1 aromatic heterocycles. The minimum absolute atomic E-state index is 0.207. The van der Waals surface area contributed by atoms with Crippen LogP contribution in [-0.2, 0) is 0 Å². The fourth-order valence-electron chi connectivity index (χ4n) is 2.01. The number of carbonyl (C=O) groups is 1. The summed E-state index contributed by atoms with van der Waals surface area (Å²) in [6.07, 6.45) is 5.48. The Balaban J connectivity index is 1.64. The Labute approximate surface area is 123 Å². The van der Waals surface area contributed by atoms with Crippen LogP contribution in [0.3, 0.4) is 0 Å². The highest BCUT2D eigenvalue weighted by atomic mass is 16.5. The third-order valence-corrected chi connectivity index (χ3v) is 3.30. The SMILES string of the molecule is CCOc1ccc(NC(=O)c2cnc(C3CC3)nc2)cc1. The molecule has 0 saturated heterocycles. The molecule has 0 unspecified atom stereocenters. The average molecular weight is 283 g/mol. The van der Waals surface area contributed by atoms with E-state index >= 15 is 0 Å². The molecule has 2 aromatic rings. The monoisotopic (exact) mass is 283 g/mol. The normalized spacial score (nSPS) is 13.8. The van der Waals surface area contributed by atoms with Crippen LogP contribution >= 0.6 is 0 Å². The van der Waals surface area contributed by atoms with E-state index in [0.717, 1.165) is 30.1 Å². The molecule has 3 rings (SSSR count). The van der Waals surface area contributed by atoms with Gasteiger partial charge in [-0.05, 0) is 44.0 Å². The first kappa shape index (κ1) is 13.5.